The Morgan fingerprint density at radius 2 is 1.95 bits per heavy atom. The lowest BCUT2D eigenvalue weighted by molar-refractivity contribution is 0.235. The highest BCUT2D eigenvalue weighted by Crippen LogP contribution is 2.34. The van der Waals surface area contributed by atoms with Gasteiger partial charge in [0.15, 0.2) is 0 Å². The Labute approximate surface area is 115 Å². The molecule has 19 heavy (non-hydrogen) atoms. The van der Waals surface area contributed by atoms with Crippen molar-refractivity contribution in [3.8, 4) is 0 Å². The molecule has 2 unspecified atom stereocenters. The van der Waals surface area contributed by atoms with Crippen molar-refractivity contribution in [1.29, 1.82) is 0 Å². The van der Waals surface area contributed by atoms with E-state index in [1.54, 1.807) is 0 Å². The molecule has 1 fully saturated rings. The van der Waals surface area contributed by atoms with Gasteiger partial charge in [-0.15, -0.1) is 0 Å². The first-order valence-electron chi connectivity index (χ1n) is 7.42. The fourth-order valence-corrected chi connectivity index (χ4v) is 3.69. The van der Waals surface area contributed by atoms with Gasteiger partial charge in [-0.2, -0.15) is 0 Å². The van der Waals surface area contributed by atoms with Crippen LogP contribution in [0.2, 0.25) is 0 Å². The van der Waals surface area contributed by atoms with Crippen LogP contribution in [0.4, 0.5) is 0 Å². The van der Waals surface area contributed by atoms with E-state index in [1.807, 2.05) is 0 Å². The van der Waals surface area contributed by atoms with Crippen LogP contribution < -0.4 is 5.73 Å². The van der Waals surface area contributed by atoms with Crippen LogP contribution in [-0.2, 0) is 6.42 Å². The van der Waals surface area contributed by atoms with Gasteiger partial charge in [0.25, 0.3) is 0 Å². The smallest absolute Gasteiger partial charge is 0.0197 e. The van der Waals surface area contributed by atoms with Crippen molar-refractivity contribution in [2.24, 2.45) is 11.7 Å². The molecule has 0 saturated heterocycles. The van der Waals surface area contributed by atoms with E-state index in [2.05, 4.69) is 49.4 Å². The standard InChI is InChI=1S/C18H23N/c1-14-6-5-11-18(19,12-14)13-16-9-4-8-15-7-2-3-10-17(15)16/h2-4,7-10,14H,5-6,11-13,19H2,1H3. The molecule has 0 bridgehead atoms. The second-order valence-electron chi connectivity index (χ2n) is 6.38. The molecule has 1 aliphatic carbocycles. The largest absolute Gasteiger partial charge is 0.325 e. The van der Waals surface area contributed by atoms with Gasteiger partial charge in [-0.25, -0.2) is 0 Å². The number of rotatable bonds is 2. The molecular weight excluding hydrogens is 230 g/mol. The molecule has 3 rings (SSSR count). The van der Waals surface area contributed by atoms with Crippen LogP contribution in [0.3, 0.4) is 0 Å². The second kappa shape index (κ2) is 4.97. The number of benzene rings is 2. The van der Waals surface area contributed by atoms with Gasteiger partial charge >= 0.3 is 0 Å². The zero-order chi connectivity index (χ0) is 13.3. The van der Waals surface area contributed by atoms with E-state index >= 15 is 0 Å². The summed E-state index contributed by atoms with van der Waals surface area (Å²) in [4.78, 5) is 0. The van der Waals surface area contributed by atoms with Crippen molar-refractivity contribution in [3.63, 3.8) is 0 Å². The third-order valence-corrected chi connectivity index (χ3v) is 4.55. The van der Waals surface area contributed by atoms with Crippen LogP contribution in [0.1, 0.15) is 38.2 Å². The molecule has 100 valence electrons. The van der Waals surface area contributed by atoms with Crippen molar-refractivity contribution in [2.75, 3.05) is 0 Å². The third-order valence-electron chi connectivity index (χ3n) is 4.55. The zero-order valence-corrected chi connectivity index (χ0v) is 11.7. The predicted molar refractivity (Wildman–Crippen MR) is 82.2 cm³/mol. The highest BCUT2D eigenvalue weighted by atomic mass is 14.7. The van der Waals surface area contributed by atoms with Gasteiger partial charge in [-0.05, 0) is 41.5 Å². The van der Waals surface area contributed by atoms with Crippen molar-refractivity contribution in [1.82, 2.24) is 0 Å². The zero-order valence-electron chi connectivity index (χ0n) is 11.7. The molecule has 2 atom stereocenters. The van der Waals surface area contributed by atoms with Gasteiger partial charge in [-0.3, -0.25) is 0 Å². The molecule has 0 aromatic heterocycles. The van der Waals surface area contributed by atoms with Crippen LogP contribution in [0, 0.1) is 5.92 Å². The average molecular weight is 253 g/mol. The van der Waals surface area contributed by atoms with E-state index in [1.165, 1.54) is 35.6 Å². The summed E-state index contributed by atoms with van der Waals surface area (Å²) < 4.78 is 0. The summed E-state index contributed by atoms with van der Waals surface area (Å²) in [5.41, 5.74) is 8.09. The van der Waals surface area contributed by atoms with E-state index in [0.29, 0.717) is 0 Å². The topological polar surface area (TPSA) is 26.0 Å². The van der Waals surface area contributed by atoms with Crippen LogP contribution >= 0.6 is 0 Å². The summed E-state index contributed by atoms with van der Waals surface area (Å²) in [5, 5.41) is 2.69. The fourth-order valence-electron chi connectivity index (χ4n) is 3.69. The lowest BCUT2D eigenvalue weighted by Crippen LogP contribution is -2.45. The highest BCUT2D eigenvalue weighted by molar-refractivity contribution is 5.85. The molecule has 2 N–H and O–H groups in total. The fraction of sp³-hybridized carbons (Fsp3) is 0.444. The molecule has 1 heteroatoms. The molecule has 0 radical (unpaired) electrons. The SMILES string of the molecule is CC1CCCC(N)(Cc2cccc3ccccc23)C1. The molecule has 0 heterocycles. The van der Waals surface area contributed by atoms with Crippen molar-refractivity contribution < 1.29 is 0 Å². The Kier molecular flexibility index (Phi) is 3.32. The van der Waals surface area contributed by atoms with Crippen LogP contribution in [0.15, 0.2) is 42.5 Å². The van der Waals surface area contributed by atoms with Gasteiger partial charge in [0.05, 0.1) is 0 Å². The first kappa shape index (κ1) is 12.7. The molecule has 0 spiro atoms. The van der Waals surface area contributed by atoms with Crippen LogP contribution in [0.25, 0.3) is 10.8 Å². The minimum atomic E-state index is 0.00178. The van der Waals surface area contributed by atoms with Gasteiger partial charge < -0.3 is 5.73 Å². The summed E-state index contributed by atoms with van der Waals surface area (Å²) in [7, 11) is 0. The van der Waals surface area contributed by atoms with Crippen molar-refractivity contribution >= 4 is 10.8 Å². The van der Waals surface area contributed by atoms with E-state index < -0.39 is 0 Å². The molecule has 1 saturated carbocycles. The van der Waals surface area contributed by atoms with Crippen molar-refractivity contribution in [2.45, 2.75) is 44.6 Å². The summed E-state index contributed by atoms with van der Waals surface area (Å²) in [5.74, 6) is 0.772. The summed E-state index contributed by atoms with van der Waals surface area (Å²) >= 11 is 0. The highest BCUT2D eigenvalue weighted by Gasteiger charge is 2.31. The maximum atomic E-state index is 6.67. The normalized spacial score (nSPS) is 27.6. The molecule has 2 aromatic carbocycles. The van der Waals surface area contributed by atoms with Gasteiger partial charge in [0.1, 0.15) is 0 Å². The van der Waals surface area contributed by atoms with E-state index in [9.17, 15) is 0 Å². The Bertz CT molecular complexity index is 569. The monoisotopic (exact) mass is 253 g/mol. The number of hydrogen-bond donors (Lipinski definition) is 1. The van der Waals surface area contributed by atoms with Crippen molar-refractivity contribution in [3.05, 3.63) is 48.0 Å². The van der Waals surface area contributed by atoms with E-state index in [0.717, 1.165) is 18.8 Å². The number of hydrogen-bond acceptors (Lipinski definition) is 1. The Morgan fingerprint density at radius 1 is 1.16 bits per heavy atom. The number of fused-ring (bicyclic) bond motifs is 1. The quantitative estimate of drug-likeness (QED) is 0.849. The third kappa shape index (κ3) is 2.66. The molecule has 0 aliphatic heterocycles. The minimum Gasteiger partial charge on any atom is -0.325 e. The first-order valence-corrected chi connectivity index (χ1v) is 7.42. The average Bonchev–Trinajstić information content (AvgIpc) is 2.38. The maximum absolute atomic E-state index is 6.67. The lowest BCUT2D eigenvalue weighted by Gasteiger charge is -2.37. The van der Waals surface area contributed by atoms with Gasteiger partial charge in [0, 0.05) is 5.54 Å². The maximum Gasteiger partial charge on any atom is 0.0197 e. The molecule has 1 nitrogen and oxygen atoms in total. The van der Waals surface area contributed by atoms with E-state index in [-0.39, 0.29) is 5.54 Å². The summed E-state index contributed by atoms with van der Waals surface area (Å²) in [6.45, 7) is 2.34. The Hall–Kier alpha value is -1.34. The molecule has 2 aromatic rings. The predicted octanol–water partition coefficient (Wildman–Crippen LogP) is 4.29. The van der Waals surface area contributed by atoms with Crippen LogP contribution in [-0.4, -0.2) is 5.54 Å². The number of nitrogens with two attached hydrogens (primary N) is 1. The summed E-state index contributed by atoms with van der Waals surface area (Å²) in [6.07, 6.45) is 5.96. The Balaban J connectivity index is 1.92. The first-order chi connectivity index (χ1) is 9.16. The summed E-state index contributed by atoms with van der Waals surface area (Å²) in [6, 6.07) is 15.2. The molecule has 1 aliphatic rings. The lowest BCUT2D eigenvalue weighted by atomic mass is 9.73. The van der Waals surface area contributed by atoms with Gasteiger partial charge in [-0.1, -0.05) is 62.2 Å². The minimum absolute atomic E-state index is 0.00178. The van der Waals surface area contributed by atoms with E-state index in [4.69, 9.17) is 5.73 Å². The second-order valence-corrected chi connectivity index (χ2v) is 6.38. The Morgan fingerprint density at radius 3 is 2.79 bits per heavy atom. The molecule has 0 amide bonds. The van der Waals surface area contributed by atoms with Gasteiger partial charge in [0.2, 0.25) is 0 Å². The van der Waals surface area contributed by atoms with Crippen LogP contribution in [0.5, 0.6) is 0 Å². The molecular formula is C18H23N.